The van der Waals surface area contributed by atoms with Gasteiger partial charge in [0.1, 0.15) is 10.8 Å². The van der Waals surface area contributed by atoms with Gasteiger partial charge in [-0.1, -0.05) is 54.6 Å². The number of nitrogens with zero attached hydrogens (tertiary/aromatic N) is 1. The van der Waals surface area contributed by atoms with Crippen LogP contribution in [0.4, 0.5) is 5.69 Å². The molecule has 7 heteroatoms. The zero-order valence-electron chi connectivity index (χ0n) is 18.3. The number of nitrogens with one attached hydrogen (secondary N) is 1. The van der Waals surface area contributed by atoms with E-state index in [0.717, 1.165) is 31.6 Å². The normalized spacial score (nSPS) is 10.9. The number of carbonyl (C=O) groups excluding carboxylic acids is 2. The van der Waals surface area contributed by atoms with Gasteiger partial charge < -0.3 is 14.8 Å². The molecule has 0 saturated heterocycles. The predicted molar refractivity (Wildman–Crippen MR) is 134 cm³/mol. The lowest BCUT2D eigenvalue weighted by Crippen LogP contribution is -2.21. The van der Waals surface area contributed by atoms with E-state index in [9.17, 15) is 9.59 Å². The molecule has 0 radical (unpaired) electrons. The second kappa shape index (κ2) is 9.33. The van der Waals surface area contributed by atoms with Crippen LogP contribution in [0, 0.1) is 0 Å². The first-order valence-electron chi connectivity index (χ1n) is 10.6. The van der Waals surface area contributed by atoms with E-state index in [1.165, 1.54) is 7.11 Å². The molecular formula is C27H20N2O4S. The van der Waals surface area contributed by atoms with Gasteiger partial charge in [-0.05, 0) is 35.7 Å². The molecule has 1 heterocycles. The van der Waals surface area contributed by atoms with Crippen molar-refractivity contribution in [2.45, 2.75) is 0 Å². The number of para-hydroxylation sites is 3. The van der Waals surface area contributed by atoms with Gasteiger partial charge in [0.05, 0.1) is 28.6 Å². The molecular weight excluding hydrogens is 448 g/mol. The number of methoxy groups -OCH3 is 1. The van der Waals surface area contributed by atoms with E-state index in [0.29, 0.717) is 17.0 Å². The minimum Gasteiger partial charge on any atom is -0.495 e. The fourth-order valence-electron chi connectivity index (χ4n) is 3.82. The Morgan fingerprint density at radius 2 is 1.68 bits per heavy atom. The Morgan fingerprint density at radius 3 is 2.50 bits per heavy atom. The van der Waals surface area contributed by atoms with Crippen LogP contribution in [0.5, 0.6) is 5.75 Å². The molecule has 0 atom stereocenters. The number of rotatable bonds is 6. The first-order chi connectivity index (χ1) is 16.6. The summed E-state index contributed by atoms with van der Waals surface area (Å²) in [4.78, 5) is 30.2. The maximum absolute atomic E-state index is 13.1. The molecule has 4 aromatic carbocycles. The molecule has 0 aliphatic rings. The van der Waals surface area contributed by atoms with Crippen molar-refractivity contribution in [3.05, 3.63) is 90.5 Å². The number of hydrogen-bond donors (Lipinski definition) is 1. The predicted octanol–water partition coefficient (Wildman–Crippen LogP) is 5.92. The maximum Gasteiger partial charge on any atom is 0.339 e. The summed E-state index contributed by atoms with van der Waals surface area (Å²) in [7, 11) is 1.52. The number of ether oxygens (including phenoxy) is 2. The third kappa shape index (κ3) is 4.21. The van der Waals surface area contributed by atoms with Gasteiger partial charge >= 0.3 is 5.97 Å². The van der Waals surface area contributed by atoms with E-state index in [2.05, 4.69) is 5.32 Å². The fraction of sp³-hybridized carbons (Fsp3) is 0.0741. The van der Waals surface area contributed by atoms with Crippen LogP contribution in [0.2, 0.25) is 0 Å². The fourth-order valence-corrected chi connectivity index (χ4v) is 4.82. The SMILES string of the molecule is COc1ccccc1NC(=O)COC(=O)c1cccc2cccc(-c3nc4ccccc4s3)c12. The Balaban J connectivity index is 1.42. The average molecular weight is 469 g/mol. The summed E-state index contributed by atoms with van der Waals surface area (Å²) in [5.74, 6) is -0.504. The molecule has 5 rings (SSSR count). The first kappa shape index (κ1) is 21.6. The minimum atomic E-state index is -0.575. The highest BCUT2D eigenvalue weighted by atomic mass is 32.1. The van der Waals surface area contributed by atoms with Gasteiger partial charge in [-0.25, -0.2) is 9.78 Å². The van der Waals surface area contributed by atoms with Gasteiger partial charge in [0.15, 0.2) is 6.61 Å². The summed E-state index contributed by atoms with van der Waals surface area (Å²) in [6.07, 6.45) is 0. The summed E-state index contributed by atoms with van der Waals surface area (Å²) in [5.41, 5.74) is 2.66. The lowest BCUT2D eigenvalue weighted by molar-refractivity contribution is -0.119. The van der Waals surface area contributed by atoms with Crippen molar-refractivity contribution in [2.75, 3.05) is 19.0 Å². The number of aromatic nitrogens is 1. The topological polar surface area (TPSA) is 77.5 Å². The van der Waals surface area contributed by atoms with Crippen molar-refractivity contribution >= 4 is 49.9 Å². The van der Waals surface area contributed by atoms with Crippen molar-refractivity contribution in [1.82, 2.24) is 4.98 Å². The number of fused-ring (bicyclic) bond motifs is 2. The number of amides is 1. The Hall–Kier alpha value is -4.23. The lowest BCUT2D eigenvalue weighted by atomic mass is 9.99. The highest BCUT2D eigenvalue weighted by Gasteiger charge is 2.18. The molecule has 0 saturated carbocycles. The Bertz CT molecular complexity index is 1490. The van der Waals surface area contributed by atoms with Gasteiger partial charge in [-0.3, -0.25) is 4.79 Å². The summed E-state index contributed by atoms with van der Waals surface area (Å²) >= 11 is 1.57. The van der Waals surface area contributed by atoms with E-state index < -0.39 is 18.5 Å². The number of hydrogen-bond acceptors (Lipinski definition) is 6. The molecule has 0 spiro atoms. The van der Waals surface area contributed by atoms with Crippen molar-refractivity contribution < 1.29 is 19.1 Å². The van der Waals surface area contributed by atoms with Crippen molar-refractivity contribution in [2.24, 2.45) is 0 Å². The van der Waals surface area contributed by atoms with Crippen molar-refractivity contribution in [3.8, 4) is 16.3 Å². The van der Waals surface area contributed by atoms with E-state index in [1.54, 1.807) is 47.7 Å². The molecule has 168 valence electrons. The summed E-state index contributed by atoms with van der Waals surface area (Å²) in [6.45, 7) is -0.420. The van der Waals surface area contributed by atoms with Crippen LogP contribution in [0.25, 0.3) is 31.6 Å². The van der Waals surface area contributed by atoms with E-state index >= 15 is 0 Å². The van der Waals surface area contributed by atoms with Crippen LogP contribution in [0.3, 0.4) is 0 Å². The van der Waals surface area contributed by atoms with Gasteiger partial charge in [-0.15, -0.1) is 11.3 Å². The van der Waals surface area contributed by atoms with Gasteiger partial charge in [-0.2, -0.15) is 0 Å². The molecule has 1 aromatic heterocycles. The summed E-state index contributed by atoms with van der Waals surface area (Å²) in [5, 5.41) is 5.17. The van der Waals surface area contributed by atoms with Crippen molar-refractivity contribution in [3.63, 3.8) is 0 Å². The third-order valence-corrected chi connectivity index (χ3v) is 6.43. The molecule has 34 heavy (non-hydrogen) atoms. The number of esters is 1. The Labute approximate surface area is 199 Å². The number of thiazole rings is 1. The quantitative estimate of drug-likeness (QED) is 0.313. The van der Waals surface area contributed by atoms with Gasteiger partial charge in [0.2, 0.25) is 0 Å². The van der Waals surface area contributed by atoms with Crippen LogP contribution >= 0.6 is 11.3 Å². The molecule has 1 N–H and O–H groups in total. The van der Waals surface area contributed by atoms with E-state index in [-0.39, 0.29) is 0 Å². The number of anilines is 1. The van der Waals surface area contributed by atoms with E-state index in [1.807, 2.05) is 48.5 Å². The lowest BCUT2D eigenvalue weighted by Gasteiger charge is -2.12. The molecule has 0 aliphatic carbocycles. The van der Waals surface area contributed by atoms with Crippen LogP contribution in [0.1, 0.15) is 10.4 Å². The molecule has 0 bridgehead atoms. The Morgan fingerprint density at radius 1 is 0.912 bits per heavy atom. The number of benzene rings is 4. The molecule has 0 fully saturated rings. The zero-order chi connectivity index (χ0) is 23.5. The maximum atomic E-state index is 13.1. The third-order valence-electron chi connectivity index (χ3n) is 5.36. The number of carbonyl (C=O) groups is 2. The zero-order valence-corrected chi connectivity index (χ0v) is 19.1. The highest BCUT2D eigenvalue weighted by Crippen LogP contribution is 2.36. The monoisotopic (exact) mass is 468 g/mol. The van der Waals surface area contributed by atoms with Crippen LogP contribution in [0.15, 0.2) is 84.9 Å². The van der Waals surface area contributed by atoms with Gasteiger partial charge in [0.25, 0.3) is 5.91 Å². The van der Waals surface area contributed by atoms with Gasteiger partial charge in [0, 0.05) is 10.9 Å². The molecule has 1 amide bonds. The second-order valence-electron chi connectivity index (χ2n) is 7.52. The van der Waals surface area contributed by atoms with Crippen LogP contribution < -0.4 is 10.1 Å². The Kier molecular flexibility index (Phi) is 5.93. The highest BCUT2D eigenvalue weighted by molar-refractivity contribution is 7.21. The molecule has 6 nitrogen and oxygen atoms in total. The largest absolute Gasteiger partial charge is 0.495 e. The standard InChI is InChI=1S/C27H20N2O4S/c1-32-22-14-4-2-12-20(22)28-24(30)16-33-27(31)19-11-7-9-17-8-6-10-18(25(17)19)26-29-21-13-3-5-15-23(21)34-26/h2-15H,16H2,1H3,(H,28,30). The van der Waals surface area contributed by atoms with Crippen LogP contribution in [-0.4, -0.2) is 30.6 Å². The van der Waals surface area contributed by atoms with Crippen LogP contribution in [-0.2, 0) is 9.53 Å². The van der Waals surface area contributed by atoms with Crippen molar-refractivity contribution in [1.29, 1.82) is 0 Å². The average Bonchev–Trinajstić information content (AvgIpc) is 3.31. The first-order valence-corrected chi connectivity index (χ1v) is 11.4. The molecule has 0 unspecified atom stereocenters. The van der Waals surface area contributed by atoms with E-state index in [4.69, 9.17) is 14.5 Å². The minimum absolute atomic E-state index is 0.387. The summed E-state index contributed by atoms with van der Waals surface area (Å²) in [6, 6.07) is 26.2. The molecule has 0 aliphatic heterocycles. The second-order valence-corrected chi connectivity index (χ2v) is 8.55. The molecule has 5 aromatic rings. The summed E-state index contributed by atoms with van der Waals surface area (Å²) < 4.78 is 11.7. The smallest absolute Gasteiger partial charge is 0.339 e.